The molecule has 468 valence electrons. The van der Waals surface area contributed by atoms with Crippen molar-refractivity contribution in [3.8, 4) is 11.1 Å². The van der Waals surface area contributed by atoms with E-state index in [2.05, 4.69) is 5.32 Å². The number of ether oxygens (including phenoxy) is 12. The summed E-state index contributed by atoms with van der Waals surface area (Å²) in [6.07, 6.45) is -52.2. The van der Waals surface area contributed by atoms with Crippen LogP contribution in [0.15, 0.2) is 49.1 Å². The smallest absolute Gasteiger partial charge is 0.226 e. The van der Waals surface area contributed by atoms with E-state index >= 15 is 0 Å². The van der Waals surface area contributed by atoms with E-state index in [-0.39, 0.29) is 13.0 Å². The van der Waals surface area contributed by atoms with E-state index in [1.54, 1.807) is 17.0 Å². The zero-order chi connectivity index (χ0) is 59.7. The van der Waals surface area contributed by atoms with Crippen LogP contribution in [0.2, 0.25) is 0 Å². The fourth-order valence-electron chi connectivity index (χ4n) is 11.0. The van der Waals surface area contributed by atoms with Gasteiger partial charge in [0.25, 0.3) is 0 Å². The second-order valence-corrected chi connectivity index (χ2v) is 21.3. The molecule has 18 N–H and O–H groups in total. The number of nitrogens with zero attached hydrogens (tertiary/aromatic N) is 2. The lowest BCUT2D eigenvalue weighted by atomic mass is 9.94. The second-order valence-electron chi connectivity index (χ2n) is 21.3. The summed E-state index contributed by atoms with van der Waals surface area (Å²) in [5, 5.41) is 192. The molecule has 0 aliphatic carbocycles. The first-order valence-corrected chi connectivity index (χ1v) is 27.0. The number of hydrogen-bond acceptors (Lipinski definition) is 30. The van der Waals surface area contributed by atoms with Crippen LogP contribution in [0.4, 0.5) is 0 Å². The van der Waals surface area contributed by atoms with Crippen LogP contribution in [0.3, 0.4) is 0 Å². The van der Waals surface area contributed by atoms with Gasteiger partial charge in [0, 0.05) is 30.8 Å². The molecule has 33 heteroatoms. The number of aliphatic hydroxyl groups is 17. The number of pyridine rings is 2. The Kier molecular flexibility index (Phi) is 21.4. The molecule has 24 heterocycles. The quantitative estimate of drug-likeness (QED) is 0.0929. The van der Waals surface area contributed by atoms with E-state index in [1.165, 1.54) is 0 Å². The van der Waals surface area contributed by atoms with E-state index in [0.717, 1.165) is 11.1 Å². The van der Waals surface area contributed by atoms with E-state index in [4.69, 9.17) is 56.8 Å². The number of nitrogens with one attached hydrogen (secondary N) is 1. The molecular formula is C50H75N3O30+2. The Morgan fingerprint density at radius 2 is 0.614 bits per heavy atom. The van der Waals surface area contributed by atoms with Crippen LogP contribution in [0.5, 0.6) is 0 Å². The fraction of sp³-hybridized carbons (Fsp3) is 0.780. The SMILES string of the molecule is C[n+]1ccc(-c2cc[n+](CCC(=O)NC[C@H]3O[C@@H]4O[C@H]5[C@H](O)[C@@H](O)[C@@H](O[C@H]6[C@H](O)[C@@H](O)[C@@H](O[C@H]7[C@H](O)[C@@H](O)[C@@H](O[C@H]8[C@H](O)[C@@H](O)[C@@H](O[C@H]9[C@H](O)[C@@H](O)[C@@H](O[C@H]3[C@H](O)[C@H]4O)O[C@@H]9CO)O[C@@H]8CO)O[C@@H]7CO)O[C@@H]6CO)O[C@@H]5CO)cc2)cc1. The minimum Gasteiger partial charge on any atom is -0.394 e. The van der Waals surface area contributed by atoms with Crippen LogP contribution < -0.4 is 14.5 Å². The molecule has 24 rings (SSSR count). The normalized spacial score (nSPS) is 46.3. The van der Waals surface area contributed by atoms with Gasteiger partial charge in [0.1, 0.15) is 154 Å². The van der Waals surface area contributed by atoms with Crippen molar-refractivity contribution in [3.63, 3.8) is 0 Å². The largest absolute Gasteiger partial charge is 0.394 e. The van der Waals surface area contributed by atoms with Gasteiger partial charge >= 0.3 is 0 Å². The predicted octanol–water partition coefficient (Wildman–Crippen LogP) is -12.1. The topological polar surface area (TPSA) is 492 Å². The molecule has 2 aromatic heterocycles. The maximum Gasteiger partial charge on any atom is 0.226 e. The molecule has 0 unspecified atom stereocenters. The van der Waals surface area contributed by atoms with Crippen molar-refractivity contribution in [3.05, 3.63) is 49.1 Å². The van der Waals surface area contributed by atoms with Crippen molar-refractivity contribution in [1.29, 1.82) is 0 Å². The van der Waals surface area contributed by atoms with Crippen LogP contribution in [-0.4, -0.2) is 317 Å². The Morgan fingerprint density at radius 1 is 0.373 bits per heavy atom. The number of hydrogen-bond donors (Lipinski definition) is 18. The third-order valence-corrected chi connectivity index (χ3v) is 15.8. The number of amides is 1. The lowest BCUT2D eigenvalue weighted by Crippen LogP contribution is -2.69. The number of carbonyl (C=O) groups excluding carboxylic acids is 1. The zero-order valence-corrected chi connectivity index (χ0v) is 44.4. The lowest BCUT2D eigenvalue weighted by molar-refractivity contribution is -0.695. The Bertz CT molecular complexity index is 2360. The molecule has 0 aromatic carbocycles. The summed E-state index contributed by atoms with van der Waals surface area (Å²) in [5.41, 5.74) is 1.87. The third-order valence-electron chi connectivity index (χ3n) is 15.8. The van der Waals surface area contributed by atoms with Gasteiger partial charge in [-0.3, -0.25) is 4.79 Å². The van der Waals surface area contributed by atoms with Crippen LogP contribution in [0.1, 0.15) is 6.42 Å². The molecule has 30 atom stereocenters. The number of carbonyl (C=O) groups is 1. The zero-order valence-electron chi connectivity index (χ0n) is 44.4. The minimum atomic E-state index is -2.20. The maximum absolute atomic E-state index is 13.5. The van der Waals surface area contributed by atoms with Crippen LogP contribution in [-0.2, 0) is 75.2 Å². The molecule has 33 nitrogen and oxygen atoms in total. The first kappa shape index (κ1) is 64.1. The minimum absolute atomic E-state index is 0.122. The Morgan fingerprint density at radius 3 is 0.880 bits per heavy atom. The highest BCUT2D eigenvalue weighted by atomic mass is 16.8. The first-order valence-electron chi connectivity index (χ1n) is 27.0. The lowest BCUT2D eigenvalue weighted by Gasteiger charge is -2.50. The van der Waals surface area contributed by atoms with Crippen LogP contribution in [0, 0.1) is 0 Å². The third kappa shape index (κ3) is 13.5. The van der Waals surface area contributed by atoms with Crippen molar-refractivity contribution in [2.45, 2.75) is 197 Å². The number of aliphatic hydroxyl groups excluding tert-OH is 17. The Balaban J connectivity index is 0.985. The number of rotatable bonds is 11. The molecule has 22 aliphatic rings. The molecule has 1 amide bonds. The molecule has 22 aliphatic heterocycles. The van der Waals surface area contributed by atoms with Crippen LogP contribution >= 0.6 is 0 Å². The van der Waals surface area contributed by atoms with Gasteiger partial charge in [0.05, 0.1) is 39.5 Å². The molecule has 22 saturated heterocycles. The maximum atomic E-state index is 13.5. The summed E-state index contributed by atoms with van der Waals surface area (Å²) >= 11 is 0. The van der Waals surface area contributed by atoms with Crippen molar-refractivity contribution in [2.24, 2.45) is 7.05 Å². The summed E-state index contributed by atoms with van der Waals surface area (Å²) in [7, 11) is 1.89. The number of aryl methyl sites for hydroxylation is 2. The average molecular weight is 1200 g/mol. The summed E-state index contributed by atoms with van der Waals surface area (Å²) in [4.78, 5) is 13.5. The summed E-state index contributed by atoms with van der Waals surface area (Å²) in [6, 6.07) is 7.60. The average Bonchev–Trinajstić information content (AvgIpc) is 3.60. The Labute approximate surface area is 471 Å². The molecule has 2 aromatic rings. The van der Waals surface area contributed by atoms with Gasteiger partial charge in [-0.05, 0) is 11.1 Å². The highest BCUT2D eigenvalue weighted by Crippen LogP contribution is 2.38. The van der Waals surface area contributed by atoms with Gasteiger partial charge in [-0.2, -0.15) is 0 Å². The summed E-state index contributed by atoms with van der Waals surface area (Å²) in [6.45, 7) is -5.48. The fourth-order valence-corrected chi connectivity index (χ4v) is 11.0. The molecule has 83 heavy (non-hydrogen) atoms. The van der Waals surface area contributed by atoms with Gasteiger partial charge in [0.2, 0.25) is 5.91 Å². The van der Waals surface area contributed by atoms with Crippen molar-refractivity contribution in [2.75, 3.05) is 39.6 Å². The molecule has 12 bridgehead atoms. The van der Waals surface area contributed by atoms with Gasteiger partial charge in [-0.25, -0.2) is 9.13 Å². The Hall–Kier alpha value is -3.39. The van der Waals surface area contributed by atoms with Crippen molar-refractivity contribution in [1.82, 2.24) is 5.32 Å². The van der Waals surface area contributed by atoms with Gasteiger partial charge < -0.3 is 149 Å². The van der Waals surface area contributed by atoms with E-state index in [9.17, 15) is 91.6 Å². The highest BCUT2D eigenvalue weighted by molar-refractivity contribution is 5.75. The summed E-state index contributed by atoms with van der Waals surface area (Å²) in [5.74, 6) is -0.575. The predicted molar refractivity (Wildman–Crippen MR) is 260 cm³/mol. The number of aromatic nitrogens is 2. The van der Waals surface area contributed by atoms with Gasteiger partial charge in [0.15, 0.2) is 69.1 Å². The summed E-state index contributed by atoms with van der Waals surface area (Å²) < 4.78 is 73.4. The van der Waals surface area contributed by atoms with Crippen molar-refractivity contribution >= 4 is 5.91 Å². The molecule has 0 spiro atoms. The monoisotopic (exact) mass is 1200 g/mol. The first-order chi connectivity index (χ1) is 39.7. The molecular weight excluding hydrogens is 1120 g/mol. The van der Waals surface area contributed by atoms with Gasteiger partial charge in [-0.1, -0.05) is 0 Å². The molecule has 0 radical (unpaired) electrons. The van der Waals surface area contributed by atoms with E-state index in [0.29, 0.717) is 0 Å². The van der Waals surface area contributed by atoms with E-state index < -0.39 is 230 Å². The standard InChI is InChI=1S/C50H74N3O30/c1-52-7-2-18(3-8-52)19-4-9-53(10-5-19)11-6-26(59)51-12-20-39-27(60)33(66)45(72-20)79-40-21(13-54)74-47(35(68)29(40)62)81-42-23(15-56)76-49(37(70)31(42)64)83-44-25(17-58)77-50(38(71)32(44)65)82-43-24(16-57)75-48(36(69)30(43)63)80-41-22(14-55)73-46(78-39)34(67)28(41)61/h2-5,7-10,20-25,27-50,54-58,60-71H,6,11-17H2,1H3/q+1/p+1/t20-,21-,22-,23-,24-,25-,27-,28-,29-,30-,31-,32-,33-,34-,35-,36-,37-,38-,39-,40-,41-,42-,43-,44-,45-,46-,47-,48-,49-,50-/m1/s1. The van der Waals surface area contributed by atoms with Crippen molar-refractivity contribution < 1.29 is 158 Å². The van der Waals surface area contributed by atoms with E-state index in [1.807, 2.05) is 48.3 Å². The highest BCUT2D eigenvalue weighted by Gasteiger charge is 2.59. The molecule has 0 saturated carbocycles. The molecule has 22 fully saturated rings. The second kappa shape index (κ2) is 27.8. The van der Waals surface area contributed by atoms with Crippen LogP contribution in [0.25, 0.3) is 11.1 Å². The van der Waals surface area contributed by atoms with Gasteiger partial charge in [-0.15, -0.1) is 0 Å².